The van der Waals surface area contributed by atoms with Crippen LogP contribution in [0.4, 0.5) is 18.0 Å². The molecule has 0 aromatic heterocycles. The Kier molecular flexibility index (Phi) is 6.11. The molecule has 1 amide bonds. The minimum atomic E-state index is -4.40. The Balaban J connectivity index is 1.77. The summed E-state index contributed by atoms with van der Waals surface area (Å²) < 4.78 is 44.5. The van der Waals surface area contributed by atoms with Gasteiger partial charge in [-0.1, -0.05) is 30.3 Å². The van der Waals surface area contributed by atoms with Crippen molar-refractivity contribution in [3.8, 4) is 11.1 Å². The second kappa shape index (κ2) is 8.19. The zero-order valence-electron chi connectivity index (χ0n) is 18.2. The molecule has 2 aromatic carbocycles. The summed E-state index contributed by atoms with van der Waals surface area (Å²) in [5.41, 5.74) is 0.262. The fourth-order valence-corrected chi connectivity index (χ4v) is 3.81. The lowest BCUT2D eigenvalue weighted by Crippen LogP contribution is -2.46. The molecule has 0 saturated carbocycles. The molecule has 4 nitrogen and oxygen atoms in total. The summed E-state index contributed by atoms with van der Waals surface area (Å²) >= 11 is 0. The highest BCUT2D eigenvalue weighted by atomic mass is 19.4. The van der Waals surface area contributed by atoms with Gasteiger partial charge in [-0.25, -0.2) is 4.79 Å². The minimum Gasteiger partial charge on any atom is -0.444 e. The van der Waals surface area contributed by atoms with Crippen molar-refractivity contribution < 1.29 is 27.8 Å². The van der Waals surface area contributed by atoms with E-state index in [4.69, 9.17) is 4.74 Å². The topological polar surface area (TPSA) is 49.8 Å². The SMILES string of the molecule is Cc1cc(C2(O)CCN(C(=O)OC(C)(C)C)CC2)ccc1-c1cccc(C(F)(F)F)c1. The van der Waals surface area contributed by atoms with Crippen LogP contribution in [0.25, 0.3) is 11.1 Å². The summed E-state index contributed by atoms with van der Waals surface area (Å²) in [6.07, 6.45) is -4.09. The lowest BCUT2D eigenvalue weighted by atomic mass is 9.82. The lowest BCUT2D eigenvalue weighted by Gasteiger charge is -2.39. The molecule has 0 unspecified atom stereocenters. The number of hydrogen-bond donors (Lipinski definition) is 1. The summed E-state index contributed by atoms with van der Waals surface area (Å²) in [4.78, 5) is 13.8. The zero-order valence-corrected chi connectivity index (χ0v) is 18.2. The molecule has 0 bridgehead atoms. The van der Waals surface area contributed by atoms with Gasteiger partial charge in [0.1, 0.15) is 5.60 Å². The maximum atomic E-state index is 13.1. The van der Waals surface area contributed by atoms with Gasteiger partial charge in [0.05, 0.1) is 11.2 Å². The Labute approximate surface area is 180 Å². The summed E-state index contributed by atoms with van der Waals surface area (Å²) in [6.45, 7) is 7.96. The highest BCUT2D eigenvalue weighted by Gasteiger charge is 2.37. The van der Waals surface area contributed by atoms with Gasteiger partial charge in [-0.05, 0) is 74.9 Å². The van der Waals surface area contributed by atoms with E-state index in [-0.39, 0.29) is 0 Å². The Morgan fingerprint density at radius 1 is 1.06 bits per heavy atom. The molecule has 1 aliphatic heterocycles. The average Bonchev–Trinajstić information content (AvgIpc) is 2.66. The van der Waals surface area contributed by atoms with E-state index < -0.39 is 29.0 Å². The Morgan fingerprint density at radius 3 is 2.26 bits per heavy atom. The van der Waals surface area contributed by atoms with E-state index >= 15 is 0 Å². The molecule has 0 radical (unpaired) electrons. The summed E-state index contributed by atoms with van der Waals surface area (Å²) in [6, 6.07) is 10.5. The van der Waals surface area contributed by atoms with Crippen molar-refractivity contribution in [3.05, 3.63) is 59.2 Å². The van der Waals surface area contributed by atoms with Gasteiger partial charge < -0.3 is 14.7 Å². The first kappa shape index (κ1) is 23.1. The molecular formula is C24H28F3NO3. The molecular weight excluding hydrogens is 407 g/mol. The van der Waals surface area contributed by atoms with Gasteiger partial charge in [0, 0.05) is 13.1 Å². The number of benzene rings is 2. The lowest BCUT2D eigenvalue weighted by molar-refractivity contribution is -0.137. The molecule has 1 heterocycles. The first-order valence-electron chi connectivity index (χ1n) is 10.3. The molecule has 1 N–H and O–H groups in total. The fourth-order valence-electron chi connectivity index (χ4n) is 3.81. The van der Waals surface area contributed by atoms with Crippen LogP contribution in [-0.4, -0.2) is 34.8 Å². The van der Waals surface area contributed by atoms with Gasteiger partial charge in [-0.3, -0.25) is 0 Å². The average molecular weight is 435 g/mol. The van der Waals surface area contributed by atoms with E-state index in [0.29, 0.717) is 42.6 Å². The van der Waals surface area contributed by atoms with E-state index in [2.05, 4.69) is 0 Å². The number of aliphatic hydroxyl groups is 1. The third-order valence-corrected chi connectivity index (χ3v) is 5.51. The van der Waals surface area contributed by atoms with Crippen LogP contribution in [0.15, 0.2) is 42.5 Å². The van der Waals surface area contributed by atoms with Crippen LogP contribution < -0.4 is 0 Å². The number of carbonyl (C=O) groups excluding carboxylic acids is 1. The summed E-state index contributed by atoms with van der Waals surface area (Å²) in [7, 11) is 0. The predicted molar refractivity (Wildman–Crippen MR) is 113 cm³/mol. The number of halogens is 3. The molecule has 1 saturated heterocycles. The van der Waals surface area contributed by atoms with Gasteiger partial charge in [-0.15, -0.1) is 0 Å². The van der Waals surface area contributed by atoms with E-state index in [1.807, 2.05) is 13.0 Å². The molecule has 168 valence electrons. The molecule has 7 heteroatoms. The minimum absolute atomic E-state index is 0.356. The van der Waals surface area contributed by atoms with Crippen LogP contribution in [0.1, 0.15) is 50.3 Å². The quantitative estimate of drug-likeness (QED) is 0.639. The van der Waals surface area contributed by atoms with Gasteiger partial charge >= 0.3 is 12.3 Å². The standard InChI is InChI=1S/C24H28F3NO3/c1-16-14-18(8-9-20(16)17-6-5-7-19(15-17)24(25,26)27)23(30)10-12-28(13-11-23)21(29)31-22(2,3)4/h5-9,14-15,30H,10-13H2,1-4H3. The number of hydrogen-bond acceptors (Lipinski definition) is 3. The number of ether oxygens (including phenoxy) is 1. The molecule has 0 atom stereocenters. The highest BCUT2D eigenvalue weighted by Crippen LogP contribution is 2.37. The molecule has 3 rings (SSSR count). The summed E-state index contributed by atoms with van der Waals surface area (Å²) in [5.74, 6) is 0. The van der Waals surface area contributed by atoms with Gasteiger partial charge in [0.15, 0.2) is 0 Å². The summed E-state index contributed by atoms with van der Waals surface area (Å²) in [5, 5.41) is 11.2. The predicted octanol–water partition coefficient (Wildman–Crippen LogP) is 5.90. The maximum absolute atomic E-state index is 13.1. The third kappa shape index (κ3) is 5.39. The van der Waals surface area contributed by atoms with E-state index in [0.717, 1.165) is 17.7 Å². The van der Waals surface area contributed by atoms with Crippen molar-refractivity contribution in [2.24, 2.45) is 0 Å². The number of piperidine rings is 1. The third-order valence-electron chi connectivity index (χ3n) is 5.51. The van der Waals surface area contributed by atoms with Crippen molar-refractivity contribution in [2.45, 2.75) is 57.9 Å². The van der Waals surface area contributed by atoms with Crippen molar-refractivity contribution in [1.82, 2.24) is 4.90 Å². The number of carbonyl (C=O) groups is 1. The highest BCUT2D eigenvalue weighted by molar-refractivity contribution is 5.69. The van der Waals surface area contributed by atoms with Crippen molar-refractivity contribution >= 4 is 6.09 Å². The van der Waals surface area contributed by atoms with Crippen molar-refractivity contribution in [2.75, 3.05) is 13.1 Å². The first-order valence-corrected chi connectivity index (χ1v) is 10.3. The first-order chi connectivity index (χ1) is 14.3. The molecule has 1 fully saturated rings. The van der Waals surface area contributed by atoms with Crippen LogP contribution >= 0.6 is 0 Å². The second-order valence-corrected chi connectivity index (χ2v) is 9.11. The van der Waals surface area contributed by atoms with E-state index in [9.17, 15) is 23.1 Å². The fraction of sp³-hybridized carbons (Fsp3) is 0.458. The molecule has 0 aliphatic carbocycles. The molecule has 1 aliphatic rings. The van der Waals surface area contributed by atoms with Gasteiger partial charge in [0.2, 0.25) is 0 Å². The van der Waals surface area contributed by atoms with Crippen molar-refractivity contribution in [3.63, 3.8) is 0 Å². The number of likely N-dealkylation sites (tertiary alicyclic amines) is 1. The Morgan fingerprint density at radius 2 is 1.71 bits per heavy atom. The zero-order chi connectivity index (χ0) is 23.0. The van der Waals surface area contributed by atoms with Gasteiger partial charge in [-0.2, -0.15) is 13.2 Å². The molecule has 2 aromatic rings. The van der Waals surface area contributed by atoms with Crippen LogP contribution in [0.2, 0.25) is 0 Å². The number of alkyl halides is 3. The monoisotopic (exact) mass is 435 g/mol. The van der Waals surface area contributed by atoms with Crippen LogP contribution in [0.3, 0.4) is 0 Å². The number of amides is 1. The molecule has 0 spiro atoms. The van der Waals surface area contributed by atoms with Crippen LogP contribution in [0, 0.1) is 6.92 Å². The van der Waals surface area contributed by atoms with Crippen molar-refractivity contribution in [1.29, 1.82) is 0 Å². The Hall–Kier alpha value is -2.54. The van der Waals surface area contributed by atoms with Crippen LogP contribution in [-0.2, 0) is 16.5 Å². The number of aryl methyl sites for hydroxylation is 1. The molecule has 31 heavy (non-hydrogen) atoms. The second-order valence-electron chi connectivity index (χ2n) is 9.11. The normalized spacial score (nSPS) is 16.8. The maximum Gasteiger partial charge on any atom is 0.416 e. The van der Waals surface area contributed by atoms with E-state index in [1.165, 1.54) is 6.07 Å². The number of rotatable bonds is 2. The smallest absolute Gasteiger partial charge is 0.416 e. The van der Waals surface area contributed by atoms with E-state index in [1.54, 1.807) is 43.9 Å². The Bertz CT molecular complexity index is 955. The van der Waals surface area contributed by atoms with Crippen LogP contribution in [0.5, 0.6) is 0 Å². The van der Waals surface area contributed by atoms with Gasteiger partial charge in [0.25, 0.3) is 0 Å². The number of nitrogens with zero attached hydrogens (tertiary/aromatic N) is 1. The largest absolute Gasteiger partial charge is 0.444 e.